The third-order valence-corrected chi connectivity index (χ3v) is 3.98. The molecule has 1 aromatic carbocycles. The SMILES string of the molecule is CC(C)(C(=O)N1CCC1=O)c1ccc(NC(=O)COCC(=O)O)cc1. The number of carboxylic acids is 1. The lowest BCUT2D eigenvalue weighted by Gasteiger charge is -2.36. The lowest BCUT2D eigenvalue weighted by atomic mass is 9.82. The molecular weight excluding hydrogens is 328 g/mol. The highest BCUT2D eigenvalue weighted by atomic mass is 16.5. The Hall–Kier alpha value is -2.74. The van der Waals surface area contributed by atoms with Gasteiger partial charge in [-0.2, -0.15) is 0 Å². The van der Waals surface area contributed by atoms with Gasteiger partial charge in [-0.3, -0.25) is 19.3 Å². The van der Waals surface area contributed by atoms with E-state index in [1.54, 1.807) is 38.1 Å². The van der Waals surface area contributed by atoms with Crippen molar-refractivity contribution in [3.8, 4) is 0 Å². The molecule has 1 aliphatic rings. The number of imide groups is 1. The Morgan fingerprint density at radius 3 is 2.32 bits per heavy atom. The predicted octanol–water partition coefficient (Wildman–Crippen LogP) is 0.763. The second-order valence-electron chi connectivity index (χ2n) is 6.24. The number of likely N-dealkylation sites (tertiary alicyclic amines) is 1. The Morgan fingerprint density at radius 2 is 1.84 bits per heavy atom. The maximum Gasteiger partial charge on any atom is 0.329 e. The molecule has 0 aromatic heterocycles. The van der Waals surface area contributed by atoms with Crippen LogP contribution in [0.15, 0.2) is 24.3 Å². The maximum absolute atomic E-state index is 12.5. The first-order chi connectivity index (χ1) is 11.7. The highest BCUT2D eigenvalue weighted by Crippen LogP contribution is 2.29. The number of nitrogens with zero attached hydrogens (tertiary/aromatic N) is 1. The summed E-state index contributed by atoms with van der Waals surface area (Å²) >= 11 is 0. The number of anilines is 1. The number of nitrogens with one attached hydrogen (secondary N) is 1. The molecule has 134 valence electrons. The van der Waals surface area contributed by atoms with Gasteiger partial charge in [-0.1, -0.05) is 12.1 Å². The standard InChI is InChI=1S/C17H20N2O6/c1-17(2,16(24)19-8-7-14(19)21)11-3-5-12(6-4-11)18-13(20)9-25-10-15(22)23/h3-6H,7-10H2,1-2H3,(H,18,20)(H,22,23). The Kier molecular flexibility index (Phi) is 5.53. The van der Waals surface area contributed by atoms with Gasteiger partial charge in [-0.05, 0) is 31.5 Å². The summed E-state index contributed by atoms with van der Waals surface area (Å²) in [4.78, 5) is 47.1. The van der Waals surface area contributed by atoms with Gasteiger partial charge >= 0.3 is 5.97 Å². The lowest BCUT2D eigenvalue weighted by molar-refractivity contribution is -0.155. The first-order valence-corrected chi connectivity index (χ1v) is 7.76. The van der Waals surface area contributed by atoms with E-state index in [-0.39, 0.29) is 18.4 Å². The van der Waals surface area contributed by atoms with Gasteiger partial charge in [-0.25, -0.2) is 4.79 Å². The fraction of sp³-hybridized carbons (Fsp3) is 0.412. The van der Waals surface area contributed by atoms with E-state index in [4.69, 9.17) is 9.84 Å². The van der Waals surface area contributed by atoms with E-state index in [0.717, 1.165) is 5.56 Å². The molecule has 0 atom stereocenters. The zero-order valence-corrected chi connectivity index (χ0v) is 14.1. The fourth-order valence-electron chi connectivity index (χ4n) is 2.39. The molecule has 0 aliphatic carbocycles. The zero-order valence-electron chi connectivity index (χ0n) is 14.1. The molecule has 1 fully saturated rings. The summed E-state index contributed by atoms with van der Waals surface area (Å²) in [7, 11) is 0. The highest BCUT2D eigenvalue weighted by Gasteiger charge is 2.40. The van der Waals surface area contributed by atoms with E-state index in [9.17, 15) is 19.2 Å². The number of ether oxygens (including phenoxy) is 1. The van der Waals surface area contributed by atoms with Crippen LogP contribution in [0.5, 0.6) is 0 Å². The van der Waals surface area contributed by atoms with E-state index in [0.29, 0.717) is 18.7 Å². The maximum atomic E-state index is 12.5. The molecule has 0 bridgehead atoms. The Morgan fingerprint density at radius 1 is 1.20 bits per heavy atom. The summed E-state index contributed by atoms with van der Waals surface area (Å²) in [6, 6.07) is 6.68. The fourth-order valence-corrected chi connectivity index (χ4v) is 2.39. The first kappa shape index (κ1) is 18.6. The van der Waals surface area contributed by atoms with Gasteiger partial charge in [0.25, 0.3) is 0 Å². The van der Waals surface area contributed by atoms with Crippen molar-refractivity contribution in [2.45, 2.75) is 25.7 Å². The molecule has 1 saturated heterocycles. The molecule has 1 heterocycles. The third-order valence-electron chi connectivity index (χ3n) is 3.98. The summed E-state index contributed by atoms with van der Waals surface area (Å²) in [6.07, 6.45) is 0.400. The smallest absolute Gasteiger partial charge is 0.329 e. The third kappa shape index (κ3) is 4.42. The second-order valence-corrected chi connectivity index (χ2v) is 6.24. The molecule has 1 aromatic rings. The van der Waals surface area contributed by atoms with Gasteiger partial charge in [0.15, 0.2) is 0 Å². The van der Waals surface area contributed by atoms with Crippen LogP contribution in [0.3, 0.4) is 0 Å². The van der Waals surface area contributed by atoms with Crippen molar-refractivity contribution in [1.82, 2.24) is 4.90 Å². The molecule has 0 radical (unpaired) electrons. The summed E-state index contributed by atoms with van der Waals surface area (Å²) < 4.78 is 4.70. The summed E-state index contributed by atoms with van der Waals surface area (Å²) in [6.45, 7) is 3.03. The Labute approximate surface area is 144 Å². The number of carbonyl (C=O) groups excluding carboxylic acids is 3. The monoisotopic (exact) mass is 348 g/mol. The van der Waals surface area contributed by atoms with Crippen LogP contribution in [0.2, 0.25) is 0 Å². The minimum absolute atomic E-state index is 0.164. The Balaban J connectivity index is 1.96. The molecule has 25 heavy (non-hydrogen) atoms. The van der Waals surface area contributed by atoms with E-state index in [2.05, 4.69) is 5.32 Å². The van der Waals surface area contributed by atoms with Gasteiger partial charge in [0.2, 0.25) is 17.7 Å². The number of carbonyl (C=O) groups is 4. The van der Waals surface area contributed by atoms with Crippen LogP contribution < -0.4 is 5.32 Å². The quantitative estimate of drug-likeness (QED) is 0.704. The highest BCUT2D eigenvalue weighted by molar-refractivity contribution is 6.03. The van der Waals surface area contributed by atoms with Crippen molar-refractivity contribution < 1.29 is 29.0 Å². The molecular formula is C17H20N2O6. The van der Waals surface area contributed by atoms with Crippen LogP contribution >= 0.6 is 0 Å². The van der Waals surface area contributed by atoms with Crippen molar-refractivity contribution in [2.24, 2.45) is 0 Å². The van der Waals surface area contributed by atoms with Crippen molar-refractivity contribution in [3.63, 3.8) is 0 Å². The number of rotatable bonds is 7. The number of amides is 3. The molecule has 2 rings (SSSR count). The molecule has 0 saturated carbocycles. The minimum Gasteiger partial charge on any atom is -0.480 e. The van der Waals surface area contributed by atoms with E-state index in [1.807, 2.05) is 0 Å². The molecule has 2 N–H and O–H groups in total. The molecule has 8 heteroatoms. The van der Waals surface area contributed by atoms with Gasteiger partial charge < -0.3 is 15.2 Å². The van der Waals surface area contributed by atoms with Crippen molar-refractivity contribution in [2.75, 3.05) is 25.1 Å². The van der Waals surface area contributed by atoms with Gasteiger partial charge in [0.05, 0.1) is 5.41 Å². The van der Waals surface area contributed by atoms with E-state index in [1.165, 1.54) is 4.90 Å². The number of hydrogen-bond acceptors (Lipinski definition) is 5. The average molecular weight is 348 g/mol. The molecule has 0 spiro atoms. The average Bonchev–Trinajstić information content (AvgIpc) is 2.53. The number of hydrogen-bond donors (Lipinski definition) is 2. The lowest BCUT2D eigenvalue weighted by Crippen LogP contribution is -2.53. The number of carboxylic acid groups (broad SMARTS) is 1. The van der Waals surface area contributed by atoms with Crippen LogP contribution in [0.25, 0.3) is 0 Å². The van der Waals surface area contributed by atoms with Gasteiger partial charge in [0.1, 0.15) is 13.2 Å². The van der Waals surface area contributed by atoms with Gasteiger partial charge in [0, 0.05) is 18.7 Å². The van der Waals surface area contributed by atoms with Crippen molar-refractivity contribution >= 4 is 29.4 Å². The normalized spacial score (nSPS) is 14.0. The first-order valence-electron chi connectivity index (χ1n) is 7.76. The minimum atomic E-state index is -1.15. The van der Waals surface area contributed by atoms with E-state index >= 15 is 0 Å². The van der Waals surface area contributed by atoms with Crippen molar-refractivity contribution in [1.29, 1.82) is 0 Å². The topological polar surface area (TPSA) is 113 Å². The number of β-lactam (4-membered cyclic amide) rings is 1. The second kappa shape index (κ2) is 7.43. The largest absolute Gasteiger partial charge is 0.480 e. The van der Waals surface area contributed by atoms with Crippen LogP contribution in [0.4, 0.5) is 5.69 Å². The molecule has 1 aliphatic heterocycles. The summed E-state index contributed by atoms with van der Waals surface area (Å²) in [5, 5.41) is 11.0. The van der Waals surface area contributed by atoms with Gasteiger partial charge in [-0.15, -0.1) is 0 Å². The predicted molar refractivity (Wildman–Crippen MR) is 87.9 cm³/mol. The van der Waals surface area contributed by atoms with Crippen LogP contribution in [0, 0.1) is 0 Å². The molecule has 0 unspecified atom stereocenters. The van der Waals surface area contributed by atoms with Crippen LogP contribution in [0.1, 0.15) is 25.8 Å². The van der Waals surface area contributed by atoms with Crippen LogP contribution in [-0.4, -0.2) is 53.5 Å². The number of aliphatic carboxylic acids is 1. The van der Waals surface area contributed by atoms with Crippen LogP contribution in [-0.2, 0) is 29.3 Å². The van der Waals surface area contributed by atoms with Crippen molar-refractivity contribution in [3.05, 3.63) is 29.8 Å². The summed E-state index contributed by atoms with van der Waals surface area (Å²) in [5.74, 6) is -2.04. The van der Waals surface area contributed by atoms with E-state index < -0.39 is 23.9 Å². The summed E-state index contributed by atoms with van der Waals surface area (Å²) in [5.41, 5.74) is 0.358. The zero-order chi connectivity index (χ0) is 18.6. The molecule has 8 nitrogen and oxygen atoms in total. The number of benzene rings is 1. The Bertz CT molecular complexity index is 696. The molecule has 3 amide bonds.